The second kappa shape index (κ2) is 10.3. The number of nitrogens with zero attached hydrogens (tertiary/aromatic N) is 5. The zero-order valence-electron chi connectivity index (χ0n) is 19.1. The van der Waals surface area contributed by atoms with Crippen molar-refractivity contribution in [3.05, 3.63) is 40.1 Å². The van der Waals surface area contributed by atoms with E-state index in [1.54, 1.807) is 0 Å². The summed E-state index contributed by atoms with van der Waals surface area (Å²) < 4.78 is 13.6. The minimum Gasteiger partial charge on any atom is -0.380 e. The molecule has 0 saturated carbocycles. The van der Waals surface area contributed by atoms with E-state index in [4.69, 9.17) is 14.5 Å². The van der Waals surface area contributed by atoms with Crippen LogP contribution < -0.4 is 10.6 Å². The van der Waals surface area contributed by atoms with Crippen LogP contribution in [0.5, 0.6) is 0 Å². The highest BCUT2D eigenvalue weighted by Crippen LogP contribution is 2.40. The van der Waals surface area contributed by atoms with Crippen LogP contribution in [0, 0.1) is 0 Å². The molecule has 0 aliphatic carbocycles. The van der Waals surface area contributed by atoms with Crippen molar-refractivity contribution in [3.8, 4) is 0 Å². The fourth-order valence-corrected chi connectivity index (χ4v) is 4.72. The van der Waals surface area contributed by atoms with Crippen molar-refractivity contribution in [2.75, 3.05) is 63.2 Å². The number of carbonyl (C=O) groups excluding carboxylic acids is 1. The quantitative estimate of drug-likeness (QED) is 0.407. The molecule has 5 rings (SSSR count). The second-order valence-corrected chi connectivity index (χ2v) is 9.21. The van der Waals surface area contributed by atoms with Crippen molar-refractivity contribution in [2.45, 2.75) is 19.4 Å². The molecule has 11 heteroatoms. The number of fused-ring (bicyclic) bond motifs is 2. The number of hydrogen-bond donors (Lipinski definition) is 2. The van der Waals surface area contributed by atoms with Gasteiger partial charge in [0.2, 0.25) is 11.9 Å². The average Bonchev–Trinajstić information content (AvgIpc) is 3.39. The molecule has 1 fully saturated rings. The number of carbonyl (C=O) groups is 1. The van der Waals surface area contributed by atoms with Crippen LogP contribution in [-0.2, 0) is 20.8 Å². The van der Waals surface area contributed by atoms with Gasteiger partial charge in [-0.3, -0.25) is 14.4 Å². The molecule has 2 aromatic heterocycles. The number of morpholine rings is 1. The van der Waals surface area contributed by atoms with E-state index in [2.05, 4.69) is 41.5 Å². The third-order valence-corrected chi connectivity index (χ3v) is 6.55. The minimum atomic E-state index is -0.540. The number of amides is 1. The Kier molecular flexibility index (Phi) is 7.05. The van der Waals surface area contributed by atoms with E-state index in [1.807, 2.05) is 36.0 Å². The Morgan fingerprint density at radius 3 is 2.94 bits per heavy atom. The molecule has 1 aromatic carbocycles. The van der Waals surface area contributed by atoms with Gasteiger partial charge in [0.1, 0.15) is 5.92 Å². The van der Waals surface area contributed by atoms with Crippen LogP contribution in [0.4, 0.5) is 11.6 Å². The average molecular weight is 530 g/mol. The molecule has 0 bridgehead atoms. The molecule has 2 aliphatic rings. The molecule has 1 saturated heterocycles. The van der Waals surface area contributed by atoms with Crippen LogP contribution in [0.15, 0.2) is 28.9 Å². The van der Waals surface area contributed by atoms with Crippen molar-refractivity contribution >= 4 is 44.5 Å². The van der Waals surface area contributed by atoms with E-state index in [1.165, 1.54) is 0 Å². The highest BCUT2D eigenvalue weighted by molar-refractivity contribution is 9.10. The zero-order chi connectivity index (χ0) is 23.5. The first-order valence-corrected chi connectivity index (χ1v) is 12.4. The lowest BCUT2D eigenvalue weighted by Crippen LogP contribution is -2.39. The minimum absolute atomic E-state index is 0.102. The smallest absolute Gasteiger partial charge is 0.238 e. The molecule has 1 amide bonds. The molecule has 1 atom stereocenters. The predicted octanol–water partition coefficient (Wildman–Crippen LogP) is 2.45. The van der Waals surface area contributed by atoms with Gasteiger partial charge < -0.3 is 20.1 Å². The topological polar surface area (TPSA) is 106 Å². The van der Waals surface area contributed by atoms with Crippen LogP contribution in [0.3, 0.4) is 0 Å². The lowest BCUT2D eigenvalue weighted by molar-refractivity contribution is -0.116. The van der Waals surface area contributed by atoms with Gasteiger partial charge in [0.05, 0.1) is 37.4 Å². The van der Waals surface area contributed by atoms with Crippen molar-refractivity contribution < 1.29 is 14.3 Å². The molecule has 2 aliphatic heterocycles. The molecule has 3 aromatic rings. The van der Waals surface area contributed by atoms with Crippen LogP contribution in [-0.4, -0.2) is 83.2 Å². The molecule has 4 heterocycles. The van der Waals surface area contributed by atoms with E-state index < -0.39 is 5.92 Å². The highest BCUT2D eigenvalue weighted by atomic mass is 79.9. The van der Waals surface area contributed by atoms with Gasteiger partial charge >= 0.3 is 0 Å². The number of rotatable bonds is 9. The van der Waals surface area contributed by atoms with Crippen LogP contribution in [0.2, 0.25) is 0 Å². The van der Waals surface area contributed by atoms with Gasteiger partial charge in [0.25, 0.3) is 0 Å². The molecule has 2 N–H and O–H groups in total. The maximum atomic E-state index is 13.1. The number of halogens is 1. The first-order valence-electron chi connectivity index (χ1n) is 11.6. The summed E-state index contributed by atoms with van der Waals surface area (Å²) in [6.07, 6.45) is 1.91. The monoisotopic (exact) mass is 529 g/mol. The number of ether oxygens (including phenoxy) is 2. The zero-order valence-corrected chi connectivity index (χ0v) is 20.7. The van der Waals surface area contributed by atoms with E-state index >= 15 is 0 Å². The largest absolute Gasteiger partial charge is 0.380 e. The first kappa shape index (κ1) is 23.2. The SMILES string of the molecule is CCOCCn1cc2c(C3C(=O)Nc4ccc(Br)cc43)nc(NCCN3CCOCC3)nc2n1. The summed E-state index contributed by atoms with van der Waals surface area (Å²) in [5.41, 5.74) is 2.90. The van der Waals surface area contributed by atoms with Crippen molar-refractivity contribution in [1.29, 1.82) is 0 Å². The Bertz CT molecular complexity index is 1180. The maximum Gasteiger partial charge on any atom is 0.238 e. The predicted molar refractivity (Wildman–Crippen MR) is 132 cm³/mol. The van der Waals surface area contributed by atoms with Gasteiger partial charge in [-0.05, 0) is 30.7 Å². The van der Waals surface area contributed by atoms with Crippen LogP contribution >= 0.6 is 15.9 Å². The summed E-state index contributed by atoms with van der Waals surface area (Å²) in [5, 5.41) is 11.7. The second-order valence-electron chi connectivity index (χ2n) is 8.29. The summed E-state index contributed by atoms with van der Waals surface area (Å²) in [6, 6.07) is 5.79. The third kappa shape index (κ3) is 4.92. The number of anilines is 2. The fourth-order valence-electron chi connectivity index (χ4n) is 4.34. The molecule has 10 nitrogen and oxygen atoms in total. The maximum absolute atomic E-state index is 13.1. The van der Waals surface area contributed by atoms with Crippen LogP contribution in [0.1, 0.15) is 24.1 Å². The fraction of sp³-hybridized carbons (Fsp3) is 0.478. The molecule has 0 radical (unpaired) electrons. The Hall–Kier alpha value is -2.60. The molecule has 34 heavy (non-hydrogen) atoms. The number of nitrogens with one attached hydrogen (secondary N) is 2. The lowest BCUT2D eigenvalue weighted by atomic mass is 9.95. The lowest BCUT2D eigenvalue weighted by Gasteiger charge is -2.26. The highest BCUT2D eigenvalue weighted by Gasteiger charge is 2.35. The first-order chi connectivity index (χ1) is 16.6. The Balaban J connectivity index is 1.47. The molecule has 180 valence electrons. The van der Waals surface area contributed by atoms with Crippen molar-refractivity contribution in [1.82, 2.24) is 24.6 Å². The number of benzene rings is 1. The van der Waals surface area contributed by atoms with Crippen LogP contribution in [0.25, 0.3) is 11.0 Å². The molecule has 0 spiro atoms. The summed E-state index contributed by atoms with van der Waals surface area (Å²) in [7, 11) is 0. The van der Waals surface area contributed by atoms with Crippen molar-refractivity contribution in [3.63, 3.8) is 0 Å². The van der Waals surface area contributed by atoms with Gasteiger partial charge in [-0.15, -0.1) is 0 Å². The van der Waals surface area contributed by atoms with Gasteiger partial charge in [-0.2, -0.15) is 10.1 Å². The summed E-state index contributed by atoms with van der Waals surface area (Å²) >= 11 is 3.53. The standard InChI is InChI=1S/C23H28BrN7O3/c1-2-33-12-9-31-14-17-20(19-16-13-15(24)3-4-18(16)26-22(19)32)27-23(28-21(17)29-31)25-5-6-30-7-10-34-11-8-30/h3-4,13-14,19H,2,5-12H2,1H3,(H,26,32)(H,25,28,29). The van der Waals surface area contributed by atoms with Gasteiger partial charge in [-0.25, -0.2) is 4.98 Å². The van der Waals surface area contributed by atoms with Gasteiger partial charge in [0.15, 0.2) is 5.65 Å². The molecule has 1 unspecified atom stereocenters. The van der Waals surface area contributed by atoms with Gasteiger partial charge in [0, 0.05) is 49.1 Å². The summed E-state index contributed by atoms with van der Waals surface area (Å²) in [4.78, 5) is 24.9. The van der Waals surface area contributed by atoms with Gasteiger partial charge in [-0.1, -0.05) is 15.9 Å². The number of hydrogen-bond acceptors (Lipinski definition) is 8. The summed E-state index contributed by atoms with van der Waals surface area (Å²) in [6.45, 7) is 8.69. The van der Waals surface area contributed by atoms with E-state index in [0.29, 0.717) is 43.6 Å². The molecular formula is C23H28BrN7O3. The Morgan fingerprint density at radius 1 is 1.26 bits per heavy atom. The normalized spacial score (nSPS) is 18.3. The van der Waals surface area contributed by atoms with Crippen molar-refractivity contribution in [2.24, 2.45) is 0 Å². The third-order valence-electron chi connectivity index (χ3n) is 6.06. The Labute approximate surface area is 206 Å². The Morgan fingerprint density at radius 2 is 2.12 bits per heavy atom. The van der Waals surface area contributed by atoms with E-state index in [-0.39, 0.29) is 5.91 Å². The molecular weight excluding hydrogens is 502 g/mol. The van der Waals surface area contributed by atoms with E-state index in [0.717, 1.165) is 54.0 Å². The van der Waals surface area contributed by atoms with E-state index in [9.17, 15) is 4.79 Å². The summed E-state index contributed by atoms with van der Waals surface area (Å²) in [5.74, 6) is -0.168. The number of aromatic nitrogens is 4.